The molecule has 0 amide bonds. The molecule has 15 heavy (non-hydrogen) atoms. The molecule has 74 valence electrons. The quantitative estimate of drug-likeness (QED) is 0.587. The first-order valence-corrected chi connectivity index (χ1v) is 5.09. The fourth-order valence-electron chi connectivity index (χ4n) is 2.04. The molecule has 0 aliphatic rings. The van der Waals surface area contributed by atoms with E-state index in [0.29, 0.717) is 0 Å². The molecular weight excluding hydrogens is 184 g/mol. The van der Waals surface area contributed by atoms with Crippen molar-refractivity contribution in [3.05, 3.63) is 41.7 Å². The summed E-state index contributed by atoms with van der Waals surface area (Å²) in [5, 5.41) is 2.45. The minimum Gasteiger partial charge on any atom is -0.357 e. The van der Waals surface area contributed by atoms with E-state index in [-0.39, 0.29) is 0 Å². The third-order valence-electron chi connectivity index (χ3n) is 2.75. The van der Waals surface area contributed by atoms with Crippen molar-refractivity contribution in [1.82, 2.24) is 9.97 Å². The average Bonchev–Trinajstić information content (AvgIpc) is 2.58. The van der Waals surface area contributed by atoms with Crippen LogP contribution in [0.2, 0.25) is 0 Å². The topological polar surface area (TPSA) is 28.7 Å². The Morgan fingerprint density at radius 2 is 2.00 bits per heavy atom. The predicted molar refractivity (Wildman–Crippen MR) is 63.1 cm³/mol. The third kappa shape index (κ3) is 1.22. The minimum atomic E-state index is 1.05. The molecule has 0 bridgehead atoms. The molecule has 2 nitrogen and oxygen atoms in total. The highest BCUT2D eigenvalue weighted by molar-refractivity contribution is 6.03. The standard InChI is InChI=1S/C13H12N2/c1-8-3-4-11-10(5-8)7-14-12-6-9(2)15-13(11)12/h3-7,15H,1-2H3. The van der Waals surface area contributed by atoms with Crippen molar-refractivity contribution in [3.63, 3.8) is 0 Å². The highest BCUT2D eigenvalue weighted by atomic mass is 14.8. The molecule has 0 saturated carbocycles. The van der Waals surface area contributed by atoms with Crippen LogP contribution in [0, 0.1) is 13.8 Å². The molecule has 0 unspecified atom stereocenters. The van der Waals surface area contributed by atoms with Gasteiger partial charge in [0.05, 0.1) is 11.0 Å². The van der Waals surface area contributed by atoms with Crippen molar-refractivity contribution in [2.75, 3.05) is 0 Å². The van der Waals surface area contributed by atoms with Crippen LogP contribution < -0.4 is 0 Å². The number of hydrogen-bond donors (Lipinski definition) is 1. The molecule has 0 radical (unpaired) electrons. The predicted octanol–water partition coefficient (Wildman–Crippen LogP) is 3.33. The van der Waals surface area contributed by atoms with Gasteiger partial charge in [0.1, 0.15) is 0 Å². The van der Waals surface area contributed by atoms with Gasteiger partial charge in [0.15, 0.2) is 0 Å². The van der Waals surface area contributed by atoms with E-state index < -0.39 is 0 Å². The minimum absolute atomic E-state index is 1.05. The van der Waals surface area contributed by atoms with Gasteiger partial charge in [-0.15, -0.1) is 0 Å². The zero-order valence-electron chi connectivity index (χ0n) is 8.83. The van der Waals surface area contributed by atoms with E-state index in [4.69, 9.17) is 0 Å². The molecule has 1 N–H and O–H groups in total. The molecule has 0 aliphatic carbocycles. The van der Waals surface area contributed by atoms with Crippen molar-refractivity contribution in [1.29, 1.82) is 0 Å². The van der Waals surface area contributed by atoms with Crippen LogP contribution in [0.3, 0.4) is 0 Å². The van der Waals surface area contributed by atoms with Gasteiger partial charge in [-0.05, 0) is 26.0 Å². The maximum atomic E-state index is 4.44. The highest BCUT2D eigenvalue weighted by Crippen LogP contribution is 2.23. The van der Waals surface area contributed by atoms with Crippen molar-refractivity contribution >= 4 is 21.8 Å². The Labute approximate surface area is 88.0 Å². The number of H-pyrrole nitrogens is 1. The molecule has 0 aliphatic heterocycles. The lowest BCUT2D eigenvalue weighted by molar-refractivity contribution is 1.30. The molecule has 0 fully saturated rings. The van der Waals surface area contributed by atoms with Crippen LogP contribution >= 0.6 is 0 Å². The Morgan fingerprint density at radius 1 is 1.13 bits per heavy atom. The smallest absolute Gasteiger partial charge is 0.0888 e. The third-order valence-corrected chi connectivity index (χ3v) is 2.75. The lowest BCUT2D eigenvalue weighted by atomic mass is 10.1. The van der Waals surface area contributed by atoms with Crippen LogP contribution in [0.25, 0.3) is 21.8 Å². The Kier molecular flexibility index (Phi) is 1.60. The van der Waals surface area contributed by atoms with Gasteiger partial charge in [0, 0.05) is 22.7 Å². The summed E-state index contributed by atoms with van der Waals surface area (Å²) in [6.45, 7) is 4.16. The number of rotatable bonds is 0. The van der Waals surface area contributed by atoms with Crippen molar-refractivity contribution in [2.24, 2.45) is 0 Å². The SMILES string of the molecule is Cc1ccc2c(cnc3cc(C)[nH]c32)c1. The van der Waals surface area contributed by atoms with Gasteiger partial charge in [-0.1, -0.05) is 17.7 Å². The largest absolute Gasteiger partial charge is 0.357 e. The van der Waals surface area contributed by atoms with E-state index in [9.17, 15) is 0 Å². The van der Waals surface area contributed by atoms with Crippen molar-refractivity contribution in [3.8, 4) is 0 Å². The fourth-order valence-corrected chi connectivity index (χ4v) is 2.04. The number of benzene rings is 1. The second kappa shape index (κ2) is 2.83. The maximum absolute atomic E-state index is 4.44. The van der Waals surface area contributed by atoms with E-state index in [1.54, 1.807) is 0 Å². The average molecular weight is 196 g/mol. The molecule has 0 atom stereocenters. The van der Waals surface area contributed by atoms with Gasteiger partial charge in [0.2, 0.25) is 0 Å². The molecule has 0 saturated heterocycles. The van der Waals surface area contributed by atoms with Gasteiger partial charge in [0.25, 0.3) is 0 Å². The van der Waals surface area contributed by atoms with Gasteiger partial charge in [-0.25, -0.2) is 0 Å². The molecular formula is C13H12N2. The summed E-state index contributed by atoms with van der Waals surface area (Å²) in [4.78, 5) is 7.80. The molecule has 2 heterocycles. The number of fused-ring (bicyclic) bond motifs is 3. The highest BCUT2D eigenvalue weighted by Gasteiger charge is 2.03. The lowest BCUT2D eigenvalue weighted by Crippen LogP contribution is -1.80. The maximum Gasteiger partial charge on any atom is 0.0888 e. The van der Waals surface area contributed by atoms with Crippen LogP contribution in [0.4, 0.5) is 0 Å². The zero-order valence-corrected chi connectivity index (χ0v) is 8.83. The van der Waals surface area contributed by atoms with Crippen molar-refractivity contribution < 1.29 is 0 Å². The van der Waals surface area contributed by atoms with Gasteiger partial charge >= 0.3 is 0 Å². The molecule has 3 rings (SSSR count). The number of pyridine rings is 1. The Bertz CT molecular complexity index is 650. The Balaban J connectivity index is 2.53. The summed E-state index contributed by atoms with van der Waals surface area (Å²) in [6, 6.07) is 8.54. The van der Waals surface area contributed by atoms with E-state index in [1.807, 2.05) is 6.20 Å². The summed E-state index contributed by atoms with van der Waals surface area (Å²) in [5.74, 6) is 0. The Hall–Kier alpha value is -1.83. The summed E-state index contributed by atoms with van der Waals surface area (Å²) >= 11 is 0. The van der Waals surface area contributed by atoms with E-state index in [1.165, 1.54) is 16.3 Å². The number of aromatic amines is 1. The second-order valence-electron chi connectivity index (χ2n) is 4.06. The number of nitrogens with one attached hydrogen (secondary N) is 1. The van der Waals surface area contributed by atoms with Crippen molar-refractivity contribution in [2.45, 2.75) is 13.8 Å². The number of nitrogens with zero attached hydrogens (tertiary/aromatic N) is 1. The summed E-state index contributed by atoms with van der Waals surface area (Å²) in [5.41, 5.74) is 4.62. The van der Waals surface area contributed by atoms with E-state index >= 15 is 0 Å². The van der Waals surface area contributed by atoms with E-state index in [2.05, 4.69) is 48.1 Å². The molecule has 2 heteroatoms. The van der Waals surface area contributed by atoms with Gasteiger partial charge in [-0.3, -0.25) is 4.98 Å². The van der Waals surface area contributed by atoms with Crippen LogP contribution in [-0.2, 0) is 0 Å². The number of hydrogen-bond acceptors (Lipinski definition) is 1. The lowest BCUT2D eigenvalue weighted by Gasteiger charge is -2.00. The van der Waals surface area contributed by atoms with Crippen LogP contribution in [0.1, 0.15) is 11.3 Å². The summed E-state index contributed by atoms with van der Waals surface area (Å²) in [7, 11) is 0. The summed E-state index contributed by atoms with van der Waals surface area (Å²) in [6.07, 6.45) is 1.94. The second-order valence-corrected chi connectivity index (χ2v) is 4.06. The monoisotopic (exact) mass is 196 g/mol. The first-order valence-electron chi connectivity index (χ1n) is 5.09. The van der Waals surface area contributed by atoms with Gasteiger partial charge < -0.3 is 4.98 Å². The van der Waals surface area contributed by atoms with E-state index in [0.717, 1.165) is 16.7 Å². The zero-order chi connectivity index (χ0) is 10.4. The van der Waals surface area contributed by atoms with Crippen LogP contribution in [0.15, 0.2) is 30.5 Å². The molecule has 1 aromatic carbocycles. The molecule has 0 spiro atoms. The number of aromatic nitrogens is 2. The Morgan fingerprint density at radius 3 is 2.87 bits per heavy atom. The molecule has 2 aromatic heterocycles. The van der Waals surface area contributed by atoms with Crippen LogP contribution in [0.5, 0.6) is 0 Å². The van der Waals surface area contributed by atoms with Gasteiger partial charge in [-0.2, -0.15) is 0 Å². The fraction of sp³-hybridized carbons (Fsp3) is 0.154. The molecule has 3 aromatic rings. The first kappa shape index (κ1) is 8.48. The normalized spacial score (nSPS) is 11.3. The van der Waals surface area contributed by atoms with Crippen LogP contribution in [-0.4, -0.2) is 9.97 Å². The number of aryl methyl sites for hydroxylation is 2. The summed E-state index contributed by atoms with van der Waals surface area (Å²) < 4.78 is 0. The first-order chi connectivity index (χ1) is 7.24.